The summed E-state index contributed by atoms with van der Waals surface area (Å²) in [5.74, 6) is 0. The smallest absolute Gasteiger partial charge is 0.0438 e. The van der Waals surface area contributed by atoms with Gasteiger partial charge in [-0.2, -0.15) is 0 Å². The second-order valence-electron chi connectivity index (χ2n) is 4.66. The van der Waals surface area contributed by atoms with Gasteiger partial charge in [-0.25, -0.2) is 0 Å². The summed E-state index contributed by atoms with van der Waals surface area (Å²) in [5, 5.41) is 4.49. The van der Waals surface area contributed by atoms with Gasteiger partial charge in [-0.3, -0.25) is 0 Å². The molecule has 1 aromatic carbocycles. The van der Waals surface area contributed by atoms with Gasteiger partial charge >= 0.3 is 0 Å². The fourth-order valence-corrected chi connectivity index (χ4v) is 2.13. The first-order valence-electron chi connectivity index (χ1n) is 6.68. The maximum absolute atomic E-state index is 6.20. The van der Waals surface area contributed by atoms with Gasteiger partial charge in [-0.05, 0) is 43.5 Å². The van der Waals surface area contributed by atoms with Gasteiger partial charge in [0.2, 0.25) is 0 Å². The fourth-order valence-electron chi connectivity index (χ4n) is 1.94. The molecule has 0 saturated carbocycles. The molecule has 1 atom stereocenters. The Labute approximate surface area is 111 Å². The van der Waals surface area contributed by atoms with Crippen LogP contribution in [0.25, 0.3) is 0 Å². The lowest BCUT2D eigenvalue weighted by molar-refractivity contribution is 0.481. The Kier molecular flexibility index (Phi) is 6.61. The third-order valence-electron chi connectivity index (χ3n) is 3.09. The molecule has 1 unspecified atom stereocenters. The van der Waals surface area contributed by atoms with Gasteiger partial charge in [-0.15, -0.1) is 0 Å². The molecular weight excluding hydrogens is 230 g/mol. The molecule has 96 valence electrons. The number of hydrogen-bond donors (Lipinski definition) is 1. The average molecular weight is 254 g/mol. The number of aryl methyl sites for hydroxylation is 1. The molecule has 0 aliphatic rings. The maximum atomic E-state index is 6.20. The standard InChI is InChI=1S/C15H24ClN/c1-4-6-7-15(17-10-5-2)13-9-8-12(3)14(16)11-13/h8-9,11,15,17H,4-7,10H2,1-3H3. The van der Waals surface area contributed by atoms with Crippen LogP contribution in [0.3, 0.4) is 0 Å². The molecule has 1 N–H and O–H groups in total. The number of hydrogen-bond acceptors (Lipinski definition) is 1. The Balaban J connectivity index is 2.75. The highest BCUT2D eigenvalue weighted by molar-refractivity contribution is 6.31. The summed E-state index contributed by atoms with van der Waals surface area (Å²) in [6, 6.07) is 6.88. The number of benzene rings is 1. The van der Waals surface area contributed by atoms with Gasteiger partial charge in [0.05, 0.1) is 0 Å². The molecule has 0 aliphatic carbocycles. The van der Waals surface area contributed by atoms with Crippen LogP contribution >= 0.6 is 11.6 Å². The normalized spacial score (nSPS) is 12.7. The summed E-state index contributed by atoms with van der Waals surface area (Å²) in [6.45, 7) is 7.55. The summed E-state index contributed by atoms with van der Waals surface area (Å²) in [7, 11) is 0. The van der Waals surface area contributed by atoms with Crippen molar-refractivity contribution in [3.63, 3.8) is 0 Å². The topological polar surface area (TPSA) is 12.0 Å². The van der Waals surface area contributed by atoms with Gasteiger partial charge in [0, 0.05) is 11.1 Å². The van der Waals surface area contributed by atoms with Crippen molar-refractivity contribution < 1.29 is 0 Å². The van der Waals surface area contributed by atoms with Crippen LogP contribution in [0.4, 0.5) is 0 Å². The van der Waals surface area contributed by atoms with E-state index in [1.165, 1.54) is 31.2 Å². The fraction of sp³-hybridized carbons (Fsp3) is 0.600. The summed E-state index contributed by atoms with van der Waals surface area (Å²) >= 11 is 6.20. The molecule has 0 amide bonds. The van der Waals surface area contributed by atoms with Gasteiger partial charge < -0.3 is 5.32 Å². The van der Waals surface area contributed by atoms with E-state index in [4.69, 9.17) is 11.6 Å². The highest BCUT2D eigenvalue weighted by atomic mass is 35.5. The summed E-state index contributed by atoms with van der Waals surface area (Å²) < 4.78 is 0. The SMILES string of the molecule is CCCCC(NCCC)c1ccc(C)c(Cl)c1. The van der Waals surface area contributed by atoms with Crippen molar-refractivity contribution >= 4 is 11.6 Å². The predicted octanol–water partition coefficient (Wildman–Crippen LogP) is 4.88. The van der Waals surface area contributed by atoms with E-state index in [-0.39, 0.29) is 0 Å². The number of halogens is 1. The van der Waals surface area contributed by atoms with E-state index in [9.17, 15) is 0 Å². The Morgan fingerprint density at radius 1 is 1.24 bits per heavy atom. The van der Waals surface area contributed by atoms with Crippen molar-refractivity contribution in [1.29, 1.82) is 0 Å². The second-order valence-corrected chi connectivity index (χ2v) is 5.06. The van der Waals surface area contributed by atoms with Crippen LogP contribution in [-0.2, 0) is 0 Å². The third kappa shape index (κ3) is 4.69. The molecule has 0 heterocycles. The van der Waals surface area contributed by atoms with Crippen molar-refractivity contribution in [3.8, 4) is 0 Å². The molecule has 0 aromatic heterocycles. The van der Waals surface area contributed by atoms with Crippen molar-refractivity contribution in [1.82, 2.24) is 5.32 Å². The zero-order valence-electron chi connectivity index (χ0n) is 11.2. The summed E-state index contributed by atoms with van der Waals surface area (Å²) in [6.07, 6.45) is 4.86. The number of nitrogens with one attached hydrogen (secondary N) is 1. The number of rotatable bonds is 7. The van der Waals surface area contributed by atoms with E-state index in [2.05, 4.69) is 37.4 Å². The predicted molar refractivity (Wildman–Crippen MR) is 76.7 cm³/mol. The lowest BCUT2D eigenvalue weighted by Crippen LogP contribution is -2.22. The molecule has 0 fully saturated rings. The minimum absolute atomic E-state index is 0.452. The molecule has 0 radical (unpaired) electrons. The quantitative estimate of drug-likeness (QED) is 0.730. The van der Waals surface area contributed by atoms with Crippen LogP contribution < -0.4 is 5.32 Å². The van der Waals surface area contributed by atoms with Crippen molar-refractivity contribution in [2.45, 2.75) is 52.5 Å². The van der Waals surface area contributed by atoms with E-state index in [0.717, 1.165) is 17.1 Å². The Morgan fingerprint density at radius 3 is 2.59 bits per heavy atom. The van der Waals surface area contributed by atoms with Crippen LogP contribution in [0.2, 0.25) is 5.02 Å². The maximum Gasteiger partial charge on any atom is 0.0438 e. The third-order valence-corrected chi connectivity index (χ3v) is 3.49. The second kappa shape index (κ2) is 7.73. The molecule has 1 rings (SSSR count). The van der Waals surface area contributed by atoms with Crippen molar-refractivity contribution in [2.24, 2.45) is 0 Å². The largest absolute Gasteiger partial charge is 0.310 e. The molecule has 1 aromatic rings. The lowest BCUT2D eigenvalue weighted by atomic mass is 10.00. The van der Waals surface area contributed by atoms with Crippen LogP contribution in [0, 0.1) is 6.92 Å². The zero-order valence-corrected chi connectivity index (χ0v) is 12.0. The summed E-state index contributed by atoms with van der Waals surface area (Å²) in [4.78, 5) is 0. The molecule has 0 aliphatic heterocycles. The van der Waals surface area contributed by atoms with E-state index >= 15 is 0 Å². The van der Waals surface area contributed by atoms with Gasteiger partial charge in [0.15, 0.2) is 0 Å². The first-order valence-corrected chi connectivity index (χ1v) is 7.06. The van der Waals surface area contributed by atoms with E-state index in [1.807, 2.05) is 6.92 Å². The Hall–Kier alpha value is -0.530. The molecule has 17 heavy (non-hydrogen) atoms. The molecule has 0 bridgehead atoms. The molecule has 2 heteroatoms. The van der Waals surface area contributed by atoms with Gasteiger partial charge in [0.1, 0.15) is 0 Å². The molecule has 0 spiro atoms. The highest BCUT2D eigenvalue weighted by Gasteiger charge is 2.10. The van der Waals surface area contributed by atoms with Crippen molar-refractivity contribution in [3.05, 3.63) is 34.3 Å². The average Bonchev–Trinajstić information content (AvgIpc) is 2.33. The van der Waals surface area contributed by atoms with Crippen LogP contribution in [-0.4, -0.2) is 6.54 Å². The Morgan fingerprint density at radius 2 is 2.00 bits per heavy atom. The molecular formula is C15H24ClN. The lowest BCUT2D eigenvalue weighted by Gasteiger charge is -2.19. The van der Waals surface area contributed by atoms with Crippen molar-refractivity contribution in [2.75, 3.05) is 6.54 Å². The minimum Gasteiger partial charge on any atom is -0.310 e. The van der Waals surface area contributed by atoms with Gasteiger partial charge in [0.25, 0.3) is 0 Å². The molecule has 0 saturated heterocycles. The highest BCUT2D eigenvalue weighted by Crippen LogP contribution is 2.24. The van der Waals surface area contributed by atoms with E-state index in [1.54, 1.807) is 0 Å². The molecule has 1 nitrogen and oxygen atoms in total. The van der Waals surface area contributed by atoms with E-state index < -0.39 is 0 Å². The summed E-state index contributed by atoms with van der Waals surface area (Å²) in [5.41, 5.74) is 2.47. The Bertz CT molecular complexity index is 328. The monoisotopic (exact) mass is 253 g/mol. The van der Waals surface area contributed by atoms with Crippen LogP contribution in [0.5, 0.6) is 0 Å². The van der Waals surface area contributed by atoms with Crippen LogP contribution in [0.15, 0.2) is 18.2 Å². The first kappa shape index (κ1) is 14.5. The first-order chi connectivity index (χ1) is 8.19. The van der Waals surface area contributed by atoms with Gasteiger partial charge in [-0.1, -0.05) is 50.4 Å². The zero-order chi connectivity index (χ0) is 12.7. The van der Waals surface area contributed by atoms with Crippen LogP contribution in [0.1, 0.15) is 56.7 Å². The van der Waals surface area contributed by atoms with E-state index in [0.29, 0.717) is 6.04 Å². The minimum atomic E-state index is 0.452. The number of unbranched alkanes of at least 4 members (excludes halogenated alkanes) is 1.